The Balaban J connectivity index is 1.35. The van der Waals surface area contributed by atoms with E-state index in [-0.39, 0.29) is 11.6 Å². The summed E-state index contributed by atoms with van der Waals surface area (Å²) in [5.74, 6) is 0.493. The Morgan fingerprint density at radius 1 is 1.00 bits per heavy atom. The molecule has 1 aliphatic carbocycles. The molecule has 0 spiro atoms. The Hall–Kier alpha value is -3.42. The van der Waals surface area contributed by atoms with Gasteiger partial charge in [-0.05, 0) is 89.0 Å². The van der Waals surface area contributed by atoms with Crippen molar-refractivity contribution >= 4 is 40.0 Å². The molecule has 0 bridgehead atoms. The molecule has 0 atom stereocenters. The number of benzene rings is 2. The predicted octanol–water partition coefficient (Wildman–Crippen LogP) is 7.12. The van der Waals surface area contributed by atoms with Crippen LogP contribution in [-0.4, -0.2) is 52.7 Å². The van der Waals surface area contributed by atoms with Gasteiger partial charge in [0.1, 0.15) is 5.65 Å². The van der Waals surface area contributed by atoms with Crippen LogP contribution in [0.25, 0.3) is 22.2 Å². The van der Waals surface area contributed by atoms with E-state index >= 15 is 0 Å². The van der Waals surface area contributed by atoms with Crippen LogP contribution >= 0.6 is 11.6 Å². The molecule has 41 heavy (non-hydrogen) atoms. The van der Waals surface area contributed by atoms with Gasteiger partial charge < -0.3 is 15.1 Å². The fourth-order valence-corrected chi connectivity index (χ4v) is 6.95. The van der Waals surface area contributed by atoms with Crippen LogP contribution < -0.4 is 15.8 Å². The highest BCUT2D eigenvalue weighted by atomic mass is 35.5. The number of aryl methyl sites for hydroxylation is 2. The third kappa shape index (κ3) is 5.33. The topological polar surface area (TPSA) is 66.3 Å². The number of pyridine rings is 1. The molecule has 1 saturated heterocycles. The van der Waals surface area contributed by atoms with Crippen LogP contribution in [0.1, 0.15) is 55.7 Å². The second-order valence-electron chi connectivity index (χ2n) is 11.8. The lowest BCUT2D eigenvalue weighted by atomic mass is 9.99. The van der Waals surface area contributed by atoms with Crippen molar-refractivity contribution in [2.75, 3.05) is 37.4 Å². The molecule has 8 heteroatoms. The fraction of sp³-hybridized carbons (Fsp3) is 0.424. The van der Waals surface area contributed by atoms with E-state index < -0.39 is 0 Å². The third-order valence-corrected chi connectivity index (χ3v) is 9.36. The highest BCUT2D eigenvalue weighted by Gasteiger charge is 2.26. The first-order valence-electron chi connectivity index (χ1n) is 14.8. The van der Waals surface area contributed by atoms with E-state index in [1.165, 1.54) is 24.1 Å². The molecule has 0 unspecified atom stereocenters. The van der Waals surface area contributed by atoms with Crippen molar-refractivity contribution in [1.29, 1.82) is 0 Å². The second-order valence-corrected chi connectivity index (χ2v) is 12.2. The number of anilines is 3. The standard InChI is InChI=1S/C33H39ClN6O/c1-21-19-23(13-14-29(21)39-17-15-24(16-18-39)38(3)4)36-33-35-20-27-22(2)30(26-11-7-8-12-28(26)34)32(41)40(31(27)37-33)25-9-5-6-10-25/h7-8,11-14,19-20,24-25H,5-6,9-10,15-18H2,1-4H3,(H,35,36,37). The monoisotopic (exact) mass is 570 g/mol. The van der Waals surface area contributed by atoms with Gasteiger partial charge in [-0.1, -0.05) is 42.6 Å². The zero-order valence-electron chi connectivity index (χ0n) is 24.5. The first-order valence-corrected chi connectivity index (χ1v) is 15.2. The highest BCUT2D eigenvalue weighted by molar-refractivity contribution is 6.33. The summed E-state index contributed by atoms with van der Waals surface area (Å²) in [5, 5.41) is 4.87. The number of nitrogens with one attached hydrogen (secondary N) is 1. The molecule has 2 fully saturated rings. The van der Waals surface area contributed by atoms with Gasteiger partial charge in [0.05, 0.1) is 5.56 Å². The Morgan fingerprint density at radius 2 is 1.73 bits per heavy atom. The summed E-state index contributed by atoms with van der Waals surface area (Å²) in [6.07, 6.45) is 8.38. The summed E-state index contributed by atoms with van der Waals surface area (Å²) < 4.78 is 1.91. The first-order chi connectivity index (χ1) is 19.8. The second kappa shape index (κ2) is 11.5. The Labute approximate surface area is 247 Å². The lowest BCUT2D eigenvalue weighted by Gasteiger charge is -2.37. The van der Waals surface area contributed by atoms with Crippen molar-refractivity contribution in [3.63, 3.8) is 0 Å². The van der Waals surface area contributed by atoms with E-state index in [4.69, 9.17) is 21.6 Å². The molecule has 1 aliphatic heterocycles. The summed E-state index contributed by atoms with van der Waals surface area (Å²) in [6, 6.07) is 14.8. The minimum absolute atomic E-state index is 0.0297. The molecule has 1 saturated carbocycles. The van der Waals surface area contributed by atoms with Crippen LogP contribution in [0.5, 0.6) is 0 Å². The Kier molecular flexibility index (Phi) is 7.75. The van der Waals surface area contributed by atoms with Crippen LogP contribution in [-0.2, 0) is 0 Å². The van der Waals surface area contributed by atoms with Gasteiger partial charge in [0.2, 0.25) is 5.95 Å². The molecule has 7 nitrogen and oxygen atoms in total. The zero-order chi connectivity index (χ0) is 28.7. The number of fused-ring (bicyclic) bond motifs is 1. The molecule has 1 N–H and O–H groups in total. The van der Waals surface area contributed by atoms with E-state index in [0.717, 1.165) is 61.0 Å². The van der Waals surface area contributed by atoms with Gasteiger partial charge in [0, 0.05) is 58.7 Å². The van der Waals surface area contributed by atoms with Gasteiger partial charge in [0.15, 0.2) is 0 Å². The van der Waals surface area contributed by atoms with Gasteiger partial charge in [-0.25, -0.2) is 4.98 Å². The van der Waals surface area contributed by atoms with E-state index in [9.17, 15) is 4.79 Å². The molecule has 0 amide bonds. The summed E-state index contributed by atoms with van der Waals surface area (Å²) in [5.41, 5.74) is 6.36. The van der Waals surface area contributed by atoms with Crippen molar-refractivity contribution in [3.05, 3.63) is 75.2 Å². The molecule has 2 aliphatic rings. The average Bonchev–Trinajstić information content (AvgIpc) is 3.49. The molecule has 6 rings (SSSR count). The van der Waals surface area contributed by atoms with Crippen molar-refractivity contribution in [3.8, 4) is 11.1 Å². The fourth-order valence-electron chi connectivity index (χ4n) is 6.72. The van der Waals surface area contributed by atoms with Crippen LogP contribution in [0.2, 0.25) is 5.02 Å². The SMILES string of the molecule is Cc1cc(Nc2ncc3c(C)c(-c4ccccc4Cl)c(=O)n(C4CCCC4)c3n2)ccc1N1CCC(N(C)C)CC1. The number of halogens is 1. The van der Waals surface area contributed by atoms with Crippen LogP contribution in [0.3, 0.4) is 0 Å². The Bertz CT molecular complexity index is 1630. The minimum atomic E-state index is -0.0297. The third-order valence-electron chi connectivity index (χ3n) is 9.03. The van der Waals surface area contributed by atoms with Crippen LogP contribution in [0.4, 0.5) is 17.3 Å². The first kappa shape index (κ1) is 27.7. The number of piperidine rings is 1. The lowest BCUT2D eigenvalue weighted by Crippen LogP contribution is -2.42. The largest absolute Gasteiger partial charge is 0.371 e. The molecule has 0 radical (unpaired) electrons. The van der Waals surface area contributed by atoms with E-state index in [1.807, 2.05) is 42.0 Å². The summed E-state index contributed by atoms with van der Waals surface area (Å²) in [4.78, 5) is 28.6. The van der Waals surface area contributed by atoms with Crippen molar-refractivity contribution in [1.82, 2.24) is 19.4 Å². The molecular weight excluding hydrogens is 532 g/mol. The van der Waals surface area contributed by atoms with E-state index in [1.54, 1.807) is 0 Å². The van der Waals surface area contributed by atoms with E-state index in [2.05, 4.69) is 54.3 Å². The number of hydrogen-bond donors (Lipinski definition) is 1. The van der Waals surface area contributed by atoms with Crippen LogP contribution in [0, 0.1) is 13.8 Å². The predicted molar refractivity (Wildman–Crippen MR) is 170 cm³/mol. The molecule has 2 aromatic heterocycles. The normalized spacial score (nSPS) is 16.7. The van der Waals surface area contributed by atoms with Gasteiger partial charge in [-0.3, -0.25) is 9.36 Å². The van der Waals surface area contributed by atoms with Gasteiger partial charge in [-0.2, -0.15) is 4.98 Å². The number of rotatable bonds is 6. The number of nitrogens with zero attached hydrogens (tertiary/aromatic N) is 5. The molecular formula is C33H39ClN6O. The van der Waals surface area contributed by atoms with Crippen molar-refractivity contribution in [2.24, 2.45) is 0 Å². The maximum Gasteiger partial charge on any atom is 0.260 e. The number of hydrogen-bond acceptors (Lipinski definition) is 6. The summed E-state index contributed by atoms with van der Waals surface area (Å²) in [6.45, 7) is 6.27. The zero-order valence-corrected chi connectivity index (χ0v) is 25.2. The molecule has 3 heterocycles. The van der Waals surface area contributed by atoms with Crippen molar-refractivity contribution < 1.29 is 0 Å². The highest BCUT2D eigenvalue weighted by Crippen LogP contribution is 2.36. The van der Waals surface area contributed by atoms with Gasteiger partial charge in [-0.15, -0.1) is 0 Å². The number of aromatic nitrogens is 3. The minimum Gasteiger partial charge on any atom is -0.371 e. The summed E-state index contributed by atoms with van der Waals surface area (Å²) in [7, 11) is 4.35. The maximum absolute atomic E-state index is 14.1. The van der Waals surface area contributed by atoms with Gasteiger partial charge in [0.25, 0.3) is 5.56 Å². The quantitative estimate of drug-likeness (QED) is 0.266. The molecule has 2 aromatic carbocycles. The molecule has 214 valence electrons. The smallest absolute Gasteiger partial charge is 0.260 e. The average molecular weight is 571 g/mol. The Morgan fingerprint density at radius 3 is 2.41 bits per heavy atom. The lowest BCUT2D eigenvalue weighted by molar-refractivity contribution is 0.249. The van der Waals surface area contributed by atoms with Crippen LogP contribution in [0.15, 0.2) is 53.5 Å². The van der Waals surface area contributed by atoms with Gasteiger partial charge >= 0.3 is 0 Å². The van der Waals surface area contributed by atoms with Crippen molar-refractivity contribution in [2.45, 2.75) is 64.5 Å². The van der Waals surface area contributed by atoms with E-state index in [0.29, 0.717) is 28.2 Å². The summed E-state index contributed by atoms with van der Waals surface area (Å²) >= 11 is 6.58. The molecule has 4 aromatic rings. The maximum atomic E-state index is 14.1.